The molecule has 7 aromatic heterocycles. The third-order valence-electron chi connectivity index (χ3n) is 15.5. The number of pyridine rings is 2. The van der Waals surface area contributed by atoms with Crippen molar-refractivity contribution in [2.45, 2.75) is 6.42 Å². The molecule has 0 saturated carbocycles. The van der Waals surface area contributed by atoms with Crippen LogP contribution in [-0.4, -0.2) is 34.5 Å². The number of rotatable bonds is 3. The largest absolute Gasteiger partial charge is 0.455 e. The van der Waals surface area contributed by atoms with Crippen molar-refractivity contribution in [3.05, 3.63) is 265 Å². The molecule has 2 aliphatic rings. The molecule has 0 unspecified atom stereocenters. The first-order valence-corrected chi connectivity index (χ1v) is 27.1. The molecule has 10 heteroatoms. The third-order valence-corrected chi connectivity index (χ3v) is 15.8. The predicted molar refractivity (Wildman–Crippen MR) is 328 cm³/mol. The minimum absolute atomic E-state index is 0.385. The van der Waals surface area contributed by atoms with Crippen LogP contribution in [0.25, 0.3) is 143 Å². The van der Waals surface area contributed by atoms with E-state index in [2.05, 4.69) is 152 Å². The van der Waals surface area contributed by atoms with Crippen molar-refractivity contribution >= 4 is 126 Å². The van der Waals surface area contributed by atoms with Crippen molar-refractivity contribution in [3.63, 3.8) is 0 Å². The van der Waals surface area contributed by atoms with E-state index in [-0.39, 0.29) is 0 Å². The van der Waals surface area contributed by atoms with Gasteiger partial charge in [0.2, 0.25) is 0 Å². The van der Waals surface area contributed by atoms with Gasteiger partial charge >= 0.3 is 0 Å². The first-order valence-electron chi connectivity index (χ1n) is 26.7. The zero-order valence-electron chi connectivity index (χ0n) is 43.0. The predicted octanol–water partition coefficient (Wildman–Crippen LogP) is 18.2. The van der Waals surface area contributed by atoms with Crippen LogP contribution in [0.5, 0.6) is 0 Å². The molecule has 2 aliphatic carbocycles. The smallest absolute Gasteiger partial charge is 0.167 e. The van der Waals surface area contributed by atoms with Gasteiger partial charge < -0.3 is 8.83 Å². The molecule has 0 N–H and O–H groups in total. The van der Waals surface area contributed by atoms with Crippen molar-refractivity contribution in [2.75, 3.05) is 0 Å². The van der Waals surface area contributed by atoms with Gasteiger partial charge in [0.15, 0.2) is 28.8 Å². The van der Waals surface area contributed by atoms with E-state index in [0.717, 1.165) is 89.0 Å². The molecule has 0 saturated heterocycles. The molecular weight excluding hydrogens is 1020 g/mol. The van der Waals surface area contributed by atoms with Crippen LogP contribution in [0, 0.1) is 6.08 Å². The molecule has 81 heavy (non-hydrogen) atoms. The summed E-state index contributed by atoms with van der Waals surface area (Å²) < 4.78 is 14.7. The highest BCUT2D eigenvalue weighted by molar-refractivity contribution is 6.34. The number of benzene rings is 9. The lowest BCUT2D eigenvalue weighted by atomic mass is 9.99. The number of hydrogen-bond acceptors (Lipinski definition) is 8. The molecular formula is C71H41ClN7O2+. The Morgan fingerprint density at radius 2 is 0.975 bits per heavy atom. The van der Waals surface area contributed by atoms with Crippen LogP contribution in [0.15, 0.2) is 251 Å². The van der Waals surface area contributed by atoms with Gasteiger partial charge in [-0.15, -0.1) is 0 Å². The quantitative estimate of drug-likeness (QED) is 0.127. The summed E-state index contributed by atoms with van der Waals surface area (Å²) in [4.78, 5) is 28.2. The first-order chi connectivity index (χ1) is 40.1. The highest BCUT2D eigenvalue weighted by Gasteiger charge is 2.27. The van der Waals surface area contributed by atoms with Crippen LogP contribution in [0.3, 0.4) is 0 Å². The van der Waals surface area contributed by atoms with Crippen molar-refractivity contribution in [3.8, 4) is 28.6 Å². The summed E-state index contributed by atoms with van der Waals surface area (Å²) in [6.45, 7) is 0. The number of aromatic nitrogens is 7. The van der Waals surface area contributed by atoms with Gasteiger partial charge in [0.1, 0.15) is 39.6 Å². The summed E-state index contributed by atoms with van der Waals surface area (Å²) in [5.74, 6) is 1.89. The molecule has 0 bridgehead atoms. The number of allylic oxidation sites excluding steroid dienone is 6. The van der Waals surface area contributed by atoms with Crippen LogP contribution in [0.4, 0.5) is 0 Å². The molecule has 18 rings (SSSR count). The summed E-state index contributed by atoms with van der Waals surface area (Å²) in [5.41, 5.74) is 13.9. The van der Waals surface area contributed by atoms with E-state index < -0.39 is 0 Å². The molecule has 0 spiro atoms. The summed E-state index contributed by atoms with van der Waals surface area (Å²) in [7, 11) is 0. The van der Waals surface area contributed by atoms with E-state index >= 15 is 0 Å². The van der Waals surface area contributed by atoms with E-state index in [9.17, 15) is 0 Å². The Labute approximate surface area is 467 Å². The average Bonchev–Trinajstić information content (AvgIpc) is 4.48. The Kier molecular flexibility index (Phi) is 10.7. The van der Waals surface area contributed by atoms with Crippen LogP contribution in [-0.2, 0) is 6.42 Å². The van der Waals surface area contributed by atoms with E-state index in [1.807, 2.05) is 103 Å². The Morgan fingerprint density at radius 3 is 1.67 bits per heavy atom. The second kappa shape index (κ2) is 18.8. The summed E-state index contributed by atoms with van der Waals surface area (Å²) >= 11 is 6.32. The summed E-state index contributed by atoms with van der Waals surface area (Å²) in [6.07, 6.45) is 14.0. The summed E-state index contributed by atoms with van der Waals surface area (Å²) in [6, 6.07) is 70.6. The Balaban J connectivity index is 0.000000111. The van der Waals surface area contributed by atoms with Crippen LogP contribution < -0.4 is 0 Å². The van der Waals surface area contributed by atoms with Gasteiger partial charge in [-0.25, -0.2) is 29.9 Å². The molecule has 378 valence electrons. The second-order valence-electron chi connectivity index (χ2n) is 20.2. The van der Waals surface area contributed by atoms with Gasteiger partial charge in [0, 0.05) is 62.8 Å². The zero-order chi connectivity index (χ0) is 53.5. The minimum atomic E-state index is 0.385. The Hall–Kier alpha value is -10.7. The fourth-order valence-corrected chi connectivity index (χ4v) is 12.0. The monoisotopic (exact) mass is 1060 g/mol. The molecule has 0 amide bonds. The average molecular weight is 1060 g/mol. The second-order valence-corrected chi connectivity index (χ2v) is 20.6. The van der Waals surface area contributed by atoms with Gasteiger partial charge in [-0.1, -0.05) is 139 Å². The third kappa shape index (κ3) is 7.75. The number of para-hydroxylation sites is 5. The van der Waals surface area contributed by atoms with Gasteiger partial charge in [0.05, 0.1) is 50.2 Å². The SMILES string of the molecule is Clc1nc(-c2cccc3c2oc2ccccc23)nc2ncccc12.[C+]1=CC2=C(C=C1)c1cc3ccccc3cc1C2.c1ccc2cc3c(cc2c1)c1ccccc1n3-c1nc(-c2cccc3c2oc2ccccc23)nc2ncccc12. The molecule has 9 aromatic carbocycles. The Morgan fingerprint density at radius 1 is 0.432 bits per heavy atom. The number of hydrogen-bond donors (Lipinski definition) is 0. The maximum absolute atomic E-state index is 6.36. The molecule has 0 radical (unpaired) electrons. The highest BCUT2D eigenvalue weighted by Crippen LogP contribution is 2.41. The van der Waals surface area contributed by atoms with Crippen molar-refractivity contribution in [2.24, 2.45) is 0 Å². The van der Waals surface area contributed by atoms with E-state index in [0.29, 0.717) is 28.1 Å². The molecule has 0 atom stereocenters. The zero-order valence-corrected chi connectivity index (χ0v) is 43.8. The van der Waals surface area contributed by atoms with Crippen molar-refractivity contribution < 1.29 is 8.83 Å². The number of halogens is 1. The van der Waals surface area contributed by atoms with Gasteiger partial charge in [-0.3, -0.25) is 4.57 Å². The summed E-state index contributed by atoms with van der Waals surface area (Å²) in [5, 5.41) is 13.7. The van der Waals surface area contributed by atoms with Crippen molar-refractivity contribution in [1.29, 1.82) is 0 Å². The first kappa shape index (κ1) is 46.4. The van der Waals surface area contributed by atoms with Crippen molar-refractivity contribution in [1.82, 2.24) is 34.5 Å². The van der Waals surface area contributed by atoms with Gasteiger partial charge in [-0.2, -0.15) is 0 Å². The normalized spacial score (nSPS) is 12.7. The van der Waals surface area contributed by atoms with E-state index in [1.165, 1.54) is 54.6 Å². The molecule has 9 nitrogen and oxygen atoms in total. The number of nitrogens with zero attached hydrogens (tertiary/aromatic N) is 7. The fraction of sp³-hybridized carbons (Fsp3) is 0.0141. The van der Waals surface area contributed by atoms with Crippen LogP contribution in [0.2, 0.25) is 5.15 Å². The Bertz CT molecular complexity index is 5380. The molecule has 0 aliphatic heterocycles. The lowest BCUT2D eigenvalue weighted by Gasteiger charge is -2.12. The van der Waals surface area contributed by atoms with Gasteiger partial charge in [-0.05, 0) is 106 Å². The van der Waals surface area contributed by atoms with Crippen LogP contribution in [0.1, 0.15) is 11.1 Å². The standard InChI is InChI=1S/C35H20N4O.C19H10ClN3O.C17H11/c1-2-10-22-20-30-28(19-21(22)9-1)23-11-3-5-16-29(23)39(30)35-27-15-8-18-36-33(27)37-34(38-35)26-14-7-13-25-24-12-4-6-17-31(24)40-32(25)26;20-17-14-8-4-10-21-18(14)23-19(22-17)13-7-3-6-12-11-5-1-2-9-15(11)24-16(12)13;1-2-6-13-11-17-15(9-12(13)5-1)10-14-7-3-4-8-16(14)17/h1-20H;1-10H;1-2,4-9,11H,10H2/q;;+1. The molecule has 7 heterocycles. The number of furan rings is 2. The maximum Gasteiger partial charge on any atom is 0.167 e. The number of fused-ring (bicyclic) bond motifs is 15. The highest BCUT2D eigenvalue weighted by atomic mass is 35.5. The molecule has 16 aromatic rings. The lowest BCUT2D eigenvalue weighted by Crippen LogP contribution is -2.03. The van der Waals surface area contributed by atoms with E-state index in [4.69, 9.17) is 30.4 Å². The molecule has 0 fully saturated rings. The minimum Gasteiger partial charge on any atom is -0.455 e. The topological polar surface area (TPSA) is 109 Å². The fourth-order valence-electron chi connectivity index (χ4n) is 11.8. The van der Waals surface area contributed by atoms with E-state index in [1.54, 1.807) is 12.4 Å². The van der Waals surface area contributed by atoms with Crippen LogP contribution >= 0.6 is 11.6 Å². The maximum atomic E-state index is 6.36. The van der Waals surface area contributed by atoms with Gasteiger partial charge in [0.25, 0.3) is 0 Å². The lowest BCUT2D eigenvalue weighted by molar-refractivity contribution is 0.669.